The van der Waals surface area contributed by atoms with Gasteiger partial charge >= 0.3 is 0 Å². The van der Waals surface area contributed by atoms with E-state index in [2.05, 4.69) is 0 Å². The Morgan fingerprint density at radius 3 is 2.91 bits per heavy atom. The van der Waals surface area contributed by atoms with Gasteiger partial charge in [0.05, 0.1) is 5.69 Å². The molecule has 0 atom stereocenters. The van der Waals surface area contributed by atoms with Crippen LogP contribution in [0.15, 0.2) is 23.6 Å². The lowest BCUT2D eigenvalue weighted by Gasteiger charge is -1.97. The molecule has 0 radical (unpaired) electrons. The molecule has 3 N–H and O–H groups in total. The fourth-order valence-electron chi connectivity index (χ4n) is 1.05. The fourth-order valence-corrected chi connectivity index (χ4v) is 1.83. The fraction of sp³-hybridized carbons (Fsp3) is 0. The van der Waals surface area contributed by atoms with Crippen molar-refractivity contribution in [3.05, 3.63) is 23.6 Å². The second kappa shape index (κ2) is 2.13. The molecule has 0 aliphatic heterocycles. The third kappa shape index (κ3) is 0.851. The van der Waals surface area contributed by atoms with Crippen molar-refractivity contribution in [1.29, 1.82) is 0 Å². The Hall–Kier alpha value is -1.22. The van der Waals surface area contributed by atoms with Crippen LogP contribution in [0.2, 0.25) is 0 Å². The predicted octanol–water partition coefficient (Wildman–Crippen LogP) is 2.19. The van der Waals surface area contributed by atoms with E-state index in [0.717, 1.165) is 10.1 Å². The number of aromatic hydroxyl groups is 1. The number of anilines is 1. The molecule has 1 aromatic carbocycles. The van der Waals surface area contributed by atoms with Crippen LogP contribution >= 0.6 is 11.3 Å². The first-order chi connectivity index (χ1) is 5.29. The van der Waals surface area contributed by atoms with E-state index in [1.807, 2.05) is 17.5 Å². The number of nitrogen functional groups attached to an aromatic ring is 1. The quantitative estimate of drug-likeness (QED) is 0.464. The molecular weight excluding hydrogens is 158 g/mol. The number of benzene rings is 1. The highest BCUT2D eigenvalue weighted by Gasteiger charge is 2.02. The topological polar surface area (TPSA) is 46.2 Å². The molecule has 0 fully saturated rings. The van der Waals surface area contributed by atoms with Crippen molar-refractivity contribution >= 4 is 27.1 Å². The maximum absolute atomic E-state index is 9.43. The molecule has 0 aliphatic rings. The molecule has 1 heterocycles. The third-order valence-corrected chi connectivity index (χ3v) is 2.52. The lowest BCUT2D eigenvalue weighted by molar-refractivity contribution is 0.484. The van der Waals surface area contributed by atoms with Crippen LogP contribution in [0, 0.1) is 0 Å². The largest absolute Gasteiger partial charge is 0.505 e. The van der Waals surface area contributed by atoms with Crippen LogP contribution < -0.4 is 5.73 Å². The van der Waals surface area contributed by atoms with Gasteiger partial charge in [0.15, 0.2) is 0 Å². The van der Waals surface area contributed by atoms with Gasteiger partial charge < -0.3 is 10.8 Å². The number of phenols is 1. The Morgan fingerprint density at radius 1 is 1.27 bits per heavy atom. The molecule has 0 bridgehead atoms. The standard InChI is InChI=1S/C8H7NOS/c9-6-1-2-7-5(8(6)10)3-4-11-7/h1-4,10H,9H2. The normalized spacial score (nSPS) is 10.5. The van der Waals surface area contributed by atoms with Gasteiger partial charge in [0.25, 0.3) is 0 Å². The summed E-state index contributed by atoms with van der Waals surface area (Å²) in [6, 6.07) is 5.49. The van der Waals surface area contributed by atoms with Gasteiger partial charge in [-0.15, -0.1) is 11.3 Å². The summed E-state index contributed by atoms with van der Waals surface area (Å²) in [6.45, 7) is 0. The summed E-state index contributed by atoms with van der Waals surface area (Å²) in [5.74, 6) is 0.198. The first-order valence-electron chi connectivity index (χ1n) is 3.23. The molecule has 0 aliphatic carbocycles. The molecule has 2 rings (SSSR count). The van der Waals surface area contributed by atoms with Gasteiger partial charge in [-0.1, -0.05) is 0 Å². The molecule has 0 unspecified atom stereocenters. The average Bonchev–Trinajstić information content (AvgIpc) is 2.45. The summed E-state index contributed by atoms with van der Waals surface area (Å²) in [4.78, 5) is 0. The summed E-state index contributed by atoms with van der Waals surface area (Å²) in [5, 5.41) is 12.2. The Morgan fingerprint density at radius 2 is 2.09 bits per heavy atom. The minimum absolute atomic E-state index is 0.198. The predicted molar refractivity (Wildman–Crippen MR) is 47.9 cm³/mol. The van der Waals surface area contributed by atoms with Crippen molar-refractivity contribution < 1.29 is 5.11 Å². The molecular formula is C8H7NOS. The molecule has 1 aromatic heterocycles. The number of nitrogens with two attached hydrogens (primary N) is 1. The summed E-state index contributed by atoms with van der Waals surface area (Å²) in [5.41, 5.74) is 5.94. The minimum atomic E-state index is 0.198. The Kier molecular flexibility index (Phi) is 1.26. The van der Waals surface area contributed by atoms with Crippen molar-refractivity contribution in [3.63, 3.8) is 0 Å². The van der Waals surface area contributed by atoms with Crippen LogP contribution in [0.3, 0.4) is 0 Å². The Balaban J connectivity index is 2.93. The number of rotatable bonds is 0. The molecule has 11 heavy (non-hydrogen) atoms. The number of fused-ring (bicyclic) bond motifs is 1. The van der Waals surface area contributed by atoms with Crippen molar-refractivity contribution in [2.45, 2.75) is 0 Å². The highest BCUT2D eigenvalue weighted by atomic mass is 32.1. The highest BCUT2D eigenvalue weighted by molar-refractivity contribution is 7.17. The monoisotopic (exact) mass is 165 g/mol. The van der Waals surface area contributed by atoms with Gasteiger partial charge in [-0.2, -0.15) is 0 Å². The molecule has 0 saturated carbocycles. The Bertz CT molecular complexity index is 394. The number of thiophene rings is 1. The molecule has 3 heteroatoms. The summed E-state index contributed by atoms with van der Waals surface area (Å²) < 4.78 is 1.07. The molecule has 0 saturated heterocycles. The van der Waals surface area contributed by atoms with Gasteiger partial charge in [-0.3, -0.25) is 0 Å². The van der Waals surface area contributed by atoms with E-state index >= 15 is 0 Å². The van der Waals surface area contributed by atoms with Gasteiger partial charge in [-0.05, 0) is 23.6 Å². The average molecular weight is 165 g/mol. The van der Waals surface area contributed by atoms with E-state index in [4.69, 9.17) is 5.73 Å². The van der Waals surface area contributed by atoms with Crippen molar-refractivity contribution in [2.24, 2.45) is 0 Å². The minimum Gasteiger partial charge on any atom is -0.505 e. The van der Waals surface area contributed by atoms with E-state index in [0.29, 0.717) is 5.69 Å². The third-order valence-electron chi connectivity index (χ3n) is 1.64. The van der Waals surface area contributed by atoms with Gasteiger partial charge in [0.1, 0.15) is 5.75 Å². The van der Waals surface area contributed by atoms with Crippen LogP contribution in [-0.2, 0) is 0 Å². The maximum Gasteiger partial charge on any atom is 0.147 e. The van der Waals surface area contributed by atoms with Crippen molar-refractivity contribution in [1.82, 2.24) is 0 Å². The van der Waals surface area contributed by atoms with Gasteiger partial charge in [-0.25, -0.2) is 0 Å². The van der Waals surface area contributed by atoms with Crippen LogP contribution in [0.1, 0.15) is 0 Å². The maximum atomic E-state index is 9.43. The van der Waals surface area contributed by atoms with Gasteiger partial charge in [0, 0.05) is 10.1 Å². The Labute approximate surface area is 67.9 Å². The van der Waals surface area contributed by atoms with Crippen LogP contribution in [-0.4, -0.2) is 5.11 Å². The zero-order chi connectivity index (χ0) is 7.84. The highest BCUT2D eigenvalue weighted by Crippen LogP contribution is 2.33. The summed E-state index contributed by atoms with van der Waals surface area (Å²) in [6.07, 6.45) is 0. The lowest BCUT2D eigenvalue weighted by atomic mass is 10.2. The van der Waals surface area contributed by atoms with E-state index in [1.165, 1.54) is 0 Å². The number of hydrogen-bond donors (Lipinski definition) is 2. The van der Waals surface area contributed by atoms with Crippen LogP contribution in [0.25, 0.3) is 10.1 Å². The molecule has 2 aromatic rings. The van der Waals surface area contributed by atoms with Gasteiger partial charge in [0.2, 0.25) is 0 Å². The molecule has 2 nitrogen and oxygen atoms in total. The molecule has 0 spiro atoms. The second-order valence-corrected chi connectivity index (χ2v) is 3.28. The van der Waals surface area contributed by atoms with E-state index < -0.39 is 0 Å². The first-order valence-corrected chi connectivity index (χ1v) is 4.11. The van der Waals surface area contributed by atoms with E-state index in [1.54, 1.807) is 17.4 Å². The van der Waals surface area contributed by atoms with Crippen molar-refractivity contribution in [2.75, 3.05) is 5.73 Å². The number of phenolic OH excluding ortho intramolecular Hbond substituents is 1. The van der Waals surface area contributed by atoms with Crippen LogP contribution in [0.4, 0.5) is 5.69 Å². The van der Waals surface area contributed by atoms with E-state index in [-0.39, 0.29) is 5.75 Å². The summed E-state index contributed by atoms with van der Waals surface area (Å²) in [7, 11) is 0. The van der Waals surface area contributed by atoms with Crippen molar-refractivity contribution in [3.8, 4) is 5.75 Å². The van der Waals surface area contributed by atoms with E-state index in [9.17, 15) is 5.11 Å². The zero-order valence-corrected chi connectivity index (χ0v) is 6.56. The zero-order valence-electron chi connectivity index (χ0n) is 5.74. The van der Waals surface area contributed by atoms with Crippen LogP contribution in [0.5, 0.6) is 5.75 Å². The molecule has 56 valence electrons. The molecule has 0 amide bonds. The summed E-state index contributed by atoms with van der Waals surface area (Å²) >= 11 is 1.59. The number of hydrogen-bond acceptors (Lipinski definition) is 3. The SMILES string of the molecule is Nc1ccc2sccc2c1O. The lowest BCUT2D eigenvalue weighted by Crippen LogP contribution is -1.83. The smallest absolute Gasteiger partial charge is 0.147 e. The second-order valence-electron chi connectivity index (χ2n) is 2.34. The first kappa shape index (κ1) is 6.49.